The summed E-state index contributed by atoms with van der Waals surface area (Å²) in [7, 11) is 0. The van der Waals surface area contributed by atoms with Crippen LogP contribution in [-0.2, 0) is 0 Å². The van der Waals surface area contributed by atoms with Gasteiger partial charge in [-0.15, -0.1) is 0 Å². The highest BCUT2D eigenvalue weighted by Crippen LogP contribution is 2.38. The van der Waals surface area contributed by atoms with Gasteiger partial charge in [0.1, 0.15) is 11.3 Å². The molecule has 2 unspecified atom stereocenters. The summed E-state index contributed by atoms with van der Waals surface area (Å²) in [5.41, 5.74) is 2.77. The van der Waals surface area contributed by atoms with Gasteiger partial charge < -0.3 is 9.52 Å². The van der Waals surface area contributed by atoms with E-state index in [1.54, 1.807) is 0 Å². The minimum absolute atomic E-state index is 0.177. The molecule has 1 aromatic heterocycles. The molecule has 3 nitrogen and oxygen atoms in total. The number of benzene rings is 1. The molecule has 0 saturated carbocycles. The molecule has 0 radical (unpaired) electrons. The van der Waals surface area contributed by atoms with Crippen LogP contribution in [0.25, 0.3) is 16.5 Å². The van der Waals surface area contributed by atoms with Crippen molar-refractivity contribution in [1.82, 2.24) is 0 Å². The number of aromatic hydroxyl groups is 1. The Bertz CT molecular complexity index is 907. The highest BCUT2D eigenvalue weighted by atomic mass is 79.9. The van der Waals surface area contributed by atoms with Gasteiger partial charge in [-0.2, -0.15) is 0 Å². The lowest BCUT2D eigenvalue weighted by atomic mass is 9.84. The lowest BCUT2D eigenvalue weighted by molar-refractivity contribution is 0.427. The number of halogens is 1. The van der Waals surface area contributed by atoms with Crippen LogP contribution in [0.2, 0.25) is 0 Å². The summed E-state index contributed by atoms with van der Waals surface area (Å²) in [4.78, 5) is 12.0. The van der Waals surface area contributed by atoms with Crippen LogP contribution in [0, 0.1) is 5.92 Å². The molecule has 1 N–H and O–H groups in total. The van der Waals surface area contributed by atoms with E-state index in [2.05, 4.69) is 29.8 Å². The van der Waals surface area contributed by atoms with E-state index in [4.69, 9.17) is 4.42 Å². The van der Waals surface area contributed by atoms with E-state index in [1.165, 1.54) is 25.3 Å². The van der Waals surface area contributed by atoms with Gasteiger partial charge in [0, 0.05) is 17.0 Å². The summed E-state index contributed by atoms with van der Waals surface area (Å²) in [5.74, 6) is 0.955. The Morgan fingerprint density at radius 1 is 1.15 bits per heavy atom. The zero-order valence-electron chi connectivity index (χ0n) is 15.3. The van der Waals surface area contributed by atoms with Crippen LogP contribution in [0.3, 0.4) is 0 Å². The molecule has 2 aromatic rings. The second-order valence-electron chi connectivity index (χ2n) is 7.18. The van der Waals surface area contributed by atoms with E-state index in [-0.39, 0.29) is 17.3 Å². The van der Waals surface area contributed by atoms with Crippen LogP contribution in [0.4, 0.5) is 0 Å². The third-order valence-corrected chi connectivity index (χ3v) is 5.94. The minimum Gasteiger partial charge on any atom is -0.507 e. The van der Waals surface area contributed by atoms with Gasteiger partial charge in [0.2, 0.25) is 0 Å². The van der Waals surface area contributed by atoms with Crippen LogP contribution in [-0.4, -0.2) is 10.4 Å². The van der Waals surface area contributed by atoms with Gasteiger partial charge in [-0.25, -0.2) is 4.79 Å². The maximum absolute atomic E-state index is 12.0. The average molecular weight is 417 g/mol. The zero-order valence-corrected chi connectivity index (χ0v) is 16.9. The van der Waals surface area contributed by atoms with Gasteiger partial charge in [0.25, 0.3) is 0 Å². The fourth-order valence-electron chi connectivity index (χ4n) is 3.48. The fraction of sp³-hybridized carbons (Fsp3) is 0.409. The Labute approximate surface area is 162 Å². The van der Waals surface area contributed by atoms with Crippen LogP contribution in [0.15, 0.2) is 45.6 Å². The van der Waals surface area contributed by atoms with Crippen molar-refractivity contribution in [3.63, 3.8) is 0 Å². The first-order chi connectivity index (χ1) is 12.5. The van der Waals surface area contributed by atoms with Crippen molar-refractivity contribution in [3.05, 3.63) is 58.0 Å². The summed E-state index contributed by atoms with van der Waals surface area (Å²) in [5, 5.41) is 12.3. The number of unbranched alkanes of at least 4 members (excludes halogenated alkanes) is 2. The molecule has 0 aliphatic heterocycles. The molecule has 0 fully saturated rings. The molecule has 4 heteroatoms. The van der Waals surface area contributed by atoms with Crippen molar-refractivity contribution < 1.29 is 9.52 Å². The topological polar surface area (TPSA) is 50.4 Å². The van der Waals surface area contributed by atoms with Gasteiger partial charge in [-0.05, 0) is 41.5 Å². The van der Waals surface area contributed by atoms with Crippen molar-refractivity contribution in [2.45, 2.75) is 45.4 Å². The van der Waals surface area contributed by atoms with Gasteiger partial charge in [-0.3, -0.25) is 0 Å². The quantitative estimate of drug-likeness (QED) is 0.319. The maximum atomic E-state index is 12.0. The largest absolute Gasteiger partial charge is 0.507 e. The molecule has 3 rings (SSSR count). The summed E-state index contributed by atoms with van der Waals surface area (Å²) in [6, 6.07) is 5.20. The molecule has 0 spiro atoms. The van der Waals surface area contributed by atoms with E-state index in [0.29, 0.717) is 16.9 Å². The van der Waals surface area contributed by atoms with Crippen molar-refractivity contribution in [3.8, 4) is 5.75 Å². The minimum atomic E-state index is -0.388. The molecule has 0 saturated heterocycles. The highest BCUT2D eigenvalue weighted by molar-refractivity contribution is 9.09. The van der Waals surface area contributed by atoms with Gasteiger partial charge >= 0.3 is 5.63 Å². The fourth-order valence-corrected chi connectivity index (χ4v) is 3.88. The van der Waals surface area contributed by atoms with Gasteiger partial charge in [-0.1, -0.05) is 67.3 Å². The highest BCUT2D eigenvalue weighted by Gasteiger charge is 2.20. The van der Waals surface area contributed by atoms with Crippen LogP contribution in [0.5, 0.6) is 5.75 Å². The number of phenols is 1. The molecule has 138 valence electrons. The molecule has 1 aliphatic rings. The standard InChI is InChI=1S/C22H25BrO3/c1-14(7-4-3-5-10-23)15(2)17-11-19(24)22-18(16-8-6-9-16)13-21(25)26-20(22)12-17/h6,8-9,11-15,24H,3-5,7,10H2,1-2H3. The van der Waals surface area contributed by atoms with E-state index in [0.717, 1.165) is 28.5 Å². The number of rotatable bonds is 8. The molecule has 1 heterocycles. The number of hydrogen-bond acceptors (Lipinski definition) is 3. The monoisotopic (exact) mass is 416 g/mol. The first kappa shape index (κ1) is 19.0. The third kappa shape index (κ3) is 3.96. The smallest absolute Gasteiger partial charge is 0.336 e. The number of hydrogen-bond donors (Lipinski definition) is 1. The van der Waals surface area contributed by atoms with E-state index in [9.17, 15) is 9.90 Å². The number of phenolic OH excluding ortho intramolecular Hbond substituents is 1. The van der Waals surface area contributed by atoms with E-state index < -0.39 is 0 Å². The second-order valence-corrected chi connectivity index (χ2v) is 7.97. The molecule has 0 amide bonds. The number of allylic oxidation sites excluding steroid dienone is 4. The predicted molar refractivity (Wildman–Crippen MR) is 111 cm³/mol. The summed E-state index contributed by atoms with van der Waals surface area (Å²) in [6.45, 7) is 4.42. The van der Waals surface area contributed by atoms with E-state index >= 15 is 0 Å². The summed E-state index contributed by atoms with van der Waals surface area (Å²) >= 11 is 3.47. The molecular weight excluding hydrogens is 392 g/mol. The Hall–Kier alpha value is -1.81. The Morgan fingerprint density at radius 3 is 2.58 bits per heavy atom. The first-order valence-electron chi connectivity index (χ1n) is 9.26. The normalized spacial score (nSPS) is 15.6. The number of fused-ring (bicyclic) bond motifs is 1. The molecule has 0 bridgehead atoms. The molecule has 26 heavy (non-hydrogen) atoms. The van der Waals surface area contributed by atoms with Gasteiger partial charge in [0.05, 0.1) is 5.39 Å². The summed E-state index contributed by atoms with van der Waals surface area (Å²) in [6.07, 6.45) is 10.6. The summed E-state index contributed by atoms with van der Waals surface area (Å²) < 4.78 is 5.41. The first-order valence-corrected chi connectivity index (χ1v) is 10.4. The molecule has 1 aliphatic carbocycles. The van der Waals surface area contributed by atoms with Crippen molar-refractivity contribution in [2.24, 2.45) is 5.92 Å². The Morgan fingerprint density at radius 2 is 1.92 bits per heavy atom. The average Bonchev–Trinajstić information content (AvgIpc) is 2.55. The third-order valence-electron chi connectivity index (χ3n) is 5.38. The SMILES string of the molecule is CC(CCCCCBr)C(C)c1cc(O)c2c(C3=CC=C3)cc(=O)oc2c1. The Kier molecular flexibility index (Phi) is 6.02. The lowest BCUT2D eigenvalue weighted by Crippen LogP contribution is -2.07. The molecule has 2 atom stereocenters. The van der Waals surface area contributed by atoms with Crippen LogP contribution < -0.4 is 5.63 Å². The predicted octanol–water partition coefficient (Wildman–Crippen LogP) is 6.15. The zero-order chi connectivity index (χ0) is 18.7. The van der Waals surface area contributed by atoms with Crippen LogP contribution in [0.1, 0.15) is 56.6 Å². The number of alkyl halides is 1. The van der Waals surface area contributed by atoms with Crippen molar-refractivity contribution >= 4 is 32.5 Å². The van der Waals surface area contributed by atoms with Gasteiger partial charge in [0.15, 0.2) is 0 Å². The maximum Gasteiger partial charge on any atom is 0.336 e. The van der Waals surface area contributed by atoms with Crippen molar-refractivity contribution in [2.75, 3.05) is 5.33 Å². The van der Waals surface area contributed by atoms with E-state index in [1.807, 2.05) is 30.4 Å². The van der Waals surface area contributed by atoms with Crippen LogP contribution >= 0.6 is 15.9 Å². The Balaban J connectivity index is 1.90. The second kappa shape index (κ2) is 8.26. The molecular formula is C22H25BrO3. The lowest BCUT2D eigenvalue weighted by Gasteiger charge is -2.21. The molecule has 1 aromatic carbocycles. The van der Waals surface area contributed by atoms with Crippen molar-refractivity contribution in [1.29, 1.82) is 0 Å².